The normalized spacial score (nSPS) is 11.1. The Morgan fingerprint density at radius 1 is 1.17 bits per heavy atom. The molecule has 0 unspecified atom stereocenters. The molecule has 5 nitrogen and oxygen atoms in total. The van der Waals surface area contributed by atoms with Gasteiger partial charge in [0.15, 0.2) is 0 Å². The van der Waals surface area contributed by atoms with Crippen molar-refractivity contribution in [3.05, 3.63) is 52.5 Å². The van der Waals surface area contributed by atoms with Crippen LogP contribution in [0.4, 0.5) is 10.1 Å². The first-order valence-electron chi connectivity index (χ1n) is 6.93. The maximum atomic E-state index is 13.4. The summed E-state index contributed by atoms with van der Waals surface area (Å²) in [7, 11) is 0. The summed E-state index contributed by atoms with van der Waals surface area (Å²) in [6.07, 6.45) is 0.212. The molecule has 0 fully saturated rings. The Bertz CT molecular complexity index is 714. The van der Waals surface area contributed by atoms with Crippen LogP contribution in [0.25, 0.3) is 0 Å². The zero-order valence-corrected chi connectivity index (χ0v) is 13.3. The van der Waals surface area contributed by atoms with E-state index in [-0.39, 0.29) is 24.4 Å². The van der Waals surface area contributed by atoms with Crippen LogP contribution in [0.2, 0.25) is 0 Å². The second-order valence-corrected chi connectivity index (χ2v) is 5.88. The summed E-state index contributed by atoms with van der Waals surface area (Å²) in [4.78, 5) is 24.4. The van der Waals surface area contributed by atoms with Crippen LogP contribution in [0, 0.1) is 5.82 Å². The zero-order valence-electron chi connectivity index (χ0n) is 12.5. The Hall–Kier alpha value is -2.54. The number of thiophene rings is 1. The van der Waals surface area contributed by atoms with Crippen LogP contribution in [0.5, 0.6) is 0 Å². The number of carbonyl (C=O) groups excluding carboxylic acids is 2. The number of hydrazone groups is 1. The van der Waals surface area contributed by atoms with Gasteiger partial charge in [0, 0.05) is 10.6 Å². The molecule has 0 saturated heterocycles. The van der Waals surface area contributed by atoms with Crippen molar-refractivity contribution in [2.45, 2.75) is 19.8 Å². The predicted octanol–water partition coefficient (Wildman–Crippen LogP) is 2.95. The maximum absolute atomic E-state index is 13.4. The Kier molecular flexibility index (Phi) is 5.99. The van der Waals surface area contributed by atoms with Gasteiger partial charge in [-0.1, -0.05) is 18.2 Å². The van der Waals surface area contributed by atoms with E-state index in [1.807, 2.05) is 17.5 Å². The SMILES string of the molecule is C/C(CC(=O)Nc1ccccc1F)=N\NC(=O)Cc1cccs1. The highest BCUT2D eigenvalue weighted by Crippen LogP contribution is 2.12. The molecule has 120 valence electrons. The largest absolute Gasteiger partial charge is 0.323 e. The molecule has 2 aromatic rings. The number of amides is 2. The van der Waals surface area contributed by atoms with Crippen molar-refractivity contribution in [1.82, 2.24) is 5.43 Å². The Labute approximate surface area is 137 Å². The summed E-state index contributed by atoms with van der Waals surface area (Å²) in [5.74, 6) is -1.15. The zero-order chi connectivity index (χ0) is 16.7. The topological polar surface area (TPSA) is 70.6 Å². The van der Waals surface area contributed by atoms with Gasteiger partial charge in [-0.15, -0.1) is 11.3 Å². The molecule has 0 spiro atoms. The molecule has 0 aliphatic carbocycles. The summed E-state index contributed by atoms with van der Waals surface area (Å²) in [6.45, 7) is 1.62. The van der Waals surface area contributed by atoms with E-state index >= 15 is 0 Å². The van der Waals surface area contributed by atoms with E-state index in [0.717, 1.165) is 4.88 Å². The number of benzene rings is 1. The van der Waals surface area contributed by atoms with Gasteiger partial charge in [0.1, 0.15) is 5.82 Å². The molecule has 1 aromatic carbocycles. The van der Waals surface area contributed by atoms with Crippen LogP contribution in [-0.2, 0) is 16.0 Å². The average Bonchev–Trinajstić information content (AvgIpc) is 3.00. The molecule has 0 saturated carbocycles. The maximum Gasteiger partial charge on any atom is 0.245 e. The highest BCUT2D eigenvalue weighted by atomic mass is 32.1. The van der Waals surface area contributed by atoms with Crippen molar-refractivity contribution in [3.63, 3.8) is 0 Å². The predicted molar refractivity (Wildman–Crippen MR) is 88.9 cm³/mol. The number of para-hydroxylation sites is 1. The van der Waals surface area contributed by atoms with Gasteiger partial charge in [0.05, 0.1) is 18.5 Å². The molecule has 1 aromatic heterocycles. The van der Waals surface area contributed by atoms with E-state index in [2.05, 4.69) is 15.8 Å². The van der Waals surface area contributed by atoms with Gasteiger partial charge in [0.25, 0.3) is 0 Å². The van der Waals surface area contributed by atoms with Crippen molar-refractivity contribution in [2.24, 2.45) is 5.10 Å². The fraction of sp³-hybridized carbons (Fsp3) is 0.188. The number of hydrogen-bond acceptors (Lipinski definition) is 4. The van der Waals surface area contributed by atoms with Gasteiger partial charge in [-0.2, -0.15) is 5.10 Å². The lowest BCUT2D eigenvalue weighted by molar-refractivity contribution is -0.120. The van der Waals surface area contributed by atoms with Crippen LogP contribution in [0.1, 0.15) is 18.2 Å². The smallest absolute Gasteiger partial charge is 0.245 e. The van der Waals surface area contributed by atoms with Crippen molar-refractivity contribution < 1.29 is 14.0 Å². The third-order valence-corrected chi connectivity index (χ3v) is 3.73. The molecule has 0 aliphatic heterocycles. The fourth-order valence-corrected chi connectivity index (χ4v) is 2.50. The Balaban J connectivity index is 1.81. The monoisotopic (exact) mass is 333 g/mol. The number of hydrogen-bond donors (Lipinski definition) is 2. The quantitative estimate of drug-likeness (QED) is 0.630. The lowest BCUT2D eigenvalue weighted by Gasteiger charge is -2.06. The minimum absolute atomic E-state index is 0.0341. The van der Waals surface area contributed by atoms with Gasteiger partial charge in [-0.3, -0.25) is 9.59 Å². The summed E-state index contributed by atoms with van der Waals surface area (Å²) >= 11 is 1.49. The second kappa shape index (κ2) is 8.19. The van der Waals surface area contributed by atoms with E-state index in [9.17, 15) is 14.0 Å². The molecule has 2 N–H and O–H groups in total. The molecule has 2 rings (SSSR count). The van der Waals surface area contributed by atoms with E-state index in [1.54, 1.807) is 19.1 Å². The van der Waals surface area contributed by atoms with Crippen LogP contribution < -0.4 is 10.7 Å². The second-order valence-electron chi connectivity index (χ2n) is 4.84. The molecule has 23 heavy (non-hydrogen) atoms. The number of rotatable bonds is 6. The molecule has 0 bridgehead atoms. The van der Waals surface area contributed by atoms with Crippen LogP contribution in [0.3, 0.4) is 0 Å². The minimum atomic E-state index is -0.500. The highest BCUT2D eigenvalue weighted by Gasteiger charge is 2.08. The number of nitrogens with zero attached hydrogens (tertiary/aromatic N) is 1. The van der Waals surface area contributed by atoms with Gasteiger partial charge in [-0.05, 0) is 30.5 Å². The summed E-state index contributed by atoms with van der Waals surface area (Å²) < 4.78 is 13.4. The van der Waals surface area contributed by atoms with Crippen molar-refractivity contribution in [3.8, 4) is 0 Å². The van der Waals surface area contributed by atoms with E-state index < -0.39 is 11.7 Å². The van der Waals surface area contributed by atoms with E-state index in [1.165, 1.54) is 23.5 Å². The first-order valence-corrected chi connectivity index (χ1v) is 7.81. The summed E-state index contributed by atoms with van der Waals surface area (Å²) in [6, 6.07) is 9.65. The Morgan fingerprint density at radius 2 is 1.96 bits per heavy atom. The van der Waals surface area contributed by atoms with Crippen LogP contribution >= 0.6 is 11.3 Å². The first kappa shape index (κ1) is 16.8. The summed E-state index contributed by atoms with van der Waals surface area (Å²) in [5, 5.41) is 8.23. The Morgan fingerprint density at radius 3 is 2.65 bits per heavy atom. The number of carbonyl (C=O) groups is 2. The third kappa shape index (κ3) is 5.63. The molecular weight excluding hydrogens is 317 g/mol. The van der Waals surface area contributed by atoms with E-state index in [0.29, 0.717) is 5.71 Å². The van der Waals surface area contributed by atoms with Gasteiger partial charge < -0.3 is 5.32 Å². The molecule has 1 heterocycles. The number of halogens is 1. The van der Waals surface area contributed by atoms with Crippen molar-refractivity contribution >= 4 is 34.6 Å². The lowest BCUT2D eigenvalue weighted by atomic mass is 10.2. The molecule has 0 aliphatic rings. The van der Waals surface area contributed by atoms with Gasteiger partial charge in [-0.25, -0.2) is 9.82 Å². The molecule has 7 heteroatoms. The van der Waals surface area contributed by atoms with Gasteiger partial charge >= 0.3 is 0 Å². The standard InChI is InChI=1S/C16H16FN3O2S/c1-11(19-20-16(22)10-12-5-4-8-23-12)9-15(21)18-14-7-3-2-6-13(14)17/h2-8H,9-10H2,1H3,(H,18,21)(H,20,22)/b19-11+. The van der Waals surface area contributed by atoms with Crippen LogP contribution in [0.15, 0.2) is 46.9 Å². The molecule has 0 radical (unpaired) electrons. The van der Waals surface area contributed by atoms with Crippen LogP contribution in [-0.4, -0.2) is 17.5 Å². The lowest BCUT2D eigenvalue weighted by Crippen LogP contribution is -2.22. The molecule has 0 atom stereocenters. The first-order chi connectivity index (χ1) is 11.0. The fourth-order valence-electron chi connectivity index (χ4n) is 1.80. The van der Waals surface area contributed by atoms with E-state index in [4.69, 9.17) is 0 Å². The number of anilines is 1. The molecule has 2 amide bonds. The third-order valence-electron chi connectivity index (χ3n) is 2.85. The van der Waals surface area contributed by atoms with Crippen molar-refractivity contribution in [1.29, 1.82) is 0 Å². The van der Waals surface area contributed by atoms with Gasteiger partial charge in [0.2, 0.25) is 11.8 Å². The van der Waals surface area contributed by atoms with Crippen molar-refractivity contribution in [2.75, 3.05) is 5.32 Å². The number of nitrogens with one attached hydrogen (secondary N) is 2. The highest BCUT2D eigenvalue weighted by molar-refractivity contribution is 7.10. The average molecular weight is 333 g/mol. The summed E-state index contributed by atoms with van der Waals surface area (Å²) in [5.41, 5.74) is 2.95. The molecular formula is C16H16FN3O2S. The minimum Gasteiger partial charge on any atom is -0.323 e.